The maximum Gasteiger partial charge on any atom is 0.319 e. The van der Waals surface area contributed by atoms with Crippen LogP contribution in [0.4, 0.5) is 14.9 Å². The Kier molecular flexibility index (Phi) is 4.62. The number of amides is 2. The molecule has 23 heavy (non-hydrogen) atoms. The third-order valence-electron chi connectivity index (χ3n) is 4.05. The SMILES string of the molecule is O=C(Nc1cc(-n2cccc2)ccc1F)N[C@@H](CCO)C1CC1. The Balaban J connectivity index is 1.69. The summed E-state index contributed by atoms with van der Waals surface area (Å²) in [6.45, 7) is 0.0267. The van der Waals surface area contributed by atoms with Crippen LogP contribution >= 0.6 is 0 Å². The number of nitrogens with one attached hydrogen (secondary N) is 2. The minimum absolute atomic E-state index is 0.0267. The average molecular weight is 317 g/mol. The van der Waals surface area contributed by atoms with Gasteiger partial charge in [-0.1, -0.05) is 0 Å². The number of aliphatic hydroxyl groups excluding tert-OH is 1. The molecule has 1 aromatic carbocycles. The van der Waals surface area contributed by atoms with Crippen molar-refractivity contribution in [3.63, 3.8) is 0 Å². The van der Waals surface area contributed by atoms with E-state index in [1.54, 1.807) is 12.1 Å². The number of nitrogens with zero attached hydrogens (tertiary/aromatic N) is 1. The summed E-state index contributed by atoms with van der Waals surface area (Å²) in [5, 5.41) is 14.5. The van der Waals surface area contributed by atoms with Crippen molar-refractivity contribution in [2.75, 3.05) is 11.9 Å². The first-order valence-electron chi connectivity index (χ1n) is 7.78. The molecule has 2 aromatic rings. The summed E-state index contributed by atoms with van der Waals surface area (Å²) in [5.41, 5.74) is 0.896. The largest absolute Gasteiger partial charge is 0.396 e. The molecule has 1 atom stereocenters. The summed E-state index contributed by atoms with van der Waals surface area (Å²) < 4.78 is 15.8. The van der Waals surface area contributed by atoms with Crippen LogP contribution in [0.5, 0.6) is 0 Å². The highest BCUT2D eigenvalue weighted by molar-refractivity contribution is 5.90. The molecule has 5 nitrogen and oxygen atoms in total. The summed E-state index contributed by atoms with van der Waals surface area (Å²) in [4.78, 5) is 12.1. The zero-order valence-electron chi connectivity index (χ0n) is 12.7. The van der Waals surface area contributed by atoms with Crippen molar-refractivity contribution in [2.45, 2.75) is 25.3 Å². The monoisotopic (exact) mass is 317 g/mol. The lowest BCUT2D eigenvalue weighted by atomic mass is 10.1. The number of hydrogen-bond acceptors (Lipinski definition) is 2. The second-order valence-electron chi connectivity index (χ2n) is 5.81. The van der Waals surface area contributed by atoms with E-state index in [0.29, 0.717) is 12.3 Å². The van der Waals surface area contributed by atoms with Crippen LogP contribution in [0.2, 0.25) is 0 Å². The minimum atomic E-state index is -0.485. The second kappa shape index (κ2) is 6.83. The van der Waals surface area contributed by atoms with Crippen LogP contribution < -0.4 is 10.6 Å². The topological polar surface area (TPSA) is 66.3 Å². The normalized spacial score (nSPS) is 15.2. The standard InChI is InChI=1S/C17H20FN3O2/c18-14-6-5-13(21-8-1-2-9-21)11-16(14)20-17(23)19-15(7-10-22)12-3-4-12/h1-2,5-6,8-9,11-12,15,22H,3-4,7,10H2,(H2,19,20,23)/t15-/m0/s1. The molecule has 1 aliphatic carbocycles. The number of urea groups is 1. The maximum atomic E-state index is 13.9. The molecule has 6 heteroatoms. The summed E-state index contributed by atoms with van der Waals surface area (Å²) in [6.07, 6.45) is 6.33. The minimum Gasteiger partial charge on any atom is -0.396 e. The predicted molar refractivity (Wildman–Crippen MR) is 86.1 cm³/mol. The third-order valence-corrected chi connectivity index (χ3v) is 4.05. The van der Waals surface area contributed by atoms with Gasteiger partial charge in [0.2, 0.25) is 0 Å². The summed E-state index contributed by atoms with van der Waals surface area (Å²) in [5.74, 6) is -0.0647. The number of aromatic nitrogens is 1. The first-order valence-corrected chi connectivity index (χ1v) is 7.78. The molecule has 3 rings (SSSR count). The molecule has 0 spiro atoms. The Morgan fingerprint density at radius 3 is 2.74 bits per heavy atom. The first-order chi connectivity index (χ1) is 11.2. The predicted octanol–water partition coefficient (Wildman–Crippen LogP) is 2.90. The molecule has 1 aliphatic rings. The van der Waals surface area contributed by atoms with Crippen LogP contribution in [0.15, 0.2) is 42.7 Å². The van der Waals surface area contributed by atoms with Crippen LogP contribution in [0, 0.1) is 11.7 Å². The van der Waals surface area contributed by atoms with Gasteiger partial charge in [-0.2, -0.15) is 0 Å². The lowest BCUT2D eigenvalue weighted by molar-refractivity contribution is 0.234. The molecule has 1 aromatic heterocycles. The quantitative estimate of drug-likeness (QED) is 0.767. The number of anilines is 1. The Morgan fingerprint density at radius 2 is 2.09 bits per heavy atom. The van der Waals surface area contributed by atoms with E-state index in [1.807, 2.05) is 29.1 Å². The van der Waals surface area contributed by atoms with Gasteiger partial charge in [0.05, 0.1) is 5.69 Å². The van der Waals surface area contributed by atoms with E-state index in [2.05, 4.69) is 10.6 Å². The first kappa shape index (κ1) is 15.6. The maximum absolute atomic E-state index is 13.9. The number of rotatable bonds is 6. The van der Waals surface area contributed by atoms with Gasteiger partial charge in [0, 0.05) is 30.7 Å². The lowest BCUT2D eigenvalue weighted by Crippen LogP contribution is -2.40. The molecular formula is C17H20FN3O2. The molecule has 1 saturated carbocycles. The third kappa shape index (κ3) is 3.90. The Labute approximate surface area is 134 Å². The van der Waals surface area contributed by atoms with Crippen molar-refractivity contribution in [3.05, 3.63) is 48.5 Å². The Hall–Kier alpha value is -2.34. The molecule has 1 fully saturated rings. The highest BCUT2D eigenvalue weighted by atomic mass is 19.1. The molecular weight excluding hydrogens is 297 g/mol. The molecule has 0 radical (unpaired) electrons. The van der Waals surface area contributed by atoms with E-state index >= 15 is 0 Å². The molecule has 2 amide bonds. The highest BCUT2D eigenvalue weighted by Crippen LogP contribution is 2.34. The molecule has 0 aliphatic heterocycles. The average Bonchev–Trinajstić information content (AvgIpc) is 3.24. The fraction of sp³-hybridized carbons (Fsp3) is 0.353. The number of benzene rings is 1. The van der Waals surface area contributed by atoms with Crippen LogP contribution in [-0.2, 0) is 0 Å². The van der Waals surface area contributed by atoms with Gasteiger partial charge in [-0.15, -0.1) is 0 Å². The van der Waals surface area contributed by atoms with Crippen molar-refractivity contribution < 1.29 is 14.3 Å². The Morgan fingerprint density at radius 1 is 1.35 bits per heavy atom. The molecule has 1 heterocycles. The van der Waals surface area contributed by atoms with Crippen LogP contribution in [0.3, 0.4) is 0 Å². The van der Waals surface area contributed by atoms with Gasteiger partial charge >= 0.3 is 6.03 Å². The summed E-state index contributed by atoms with van der Waals surface area (Å²) in [6, 6.07) is 7.81. The van der Waals surface area contributed by atoms with Crippen LogP contribution in [0.25, 0.3) is 5.69 Å². The molecule has 0 unspecified atom stereocenters. The van der Waals surface area contributed by atoms with Crippen molar-refractivity contribution in [1.82, 2.24) is 9.88 Å². The zero-order chi connectivity index (χ0) is 16.2. The number of hydrogen-bond donors (Lipinski definition) is 3. The fourth-order valence-electron chi connectivity index (χ4n) is 2.67. The highest BCUT2D eigenvalue weighted by Gasteiger charge is 2.31. The smallest absolute Gasteiger partial charge is 0.319 e. The van der Waals surface area contributed by atoms with Gasteiger partial charge in [0.25, 0.3) is 0 Å². The molecule has 0 bridgehead atoms. The van der Waals surface area contributed by atoms with Crippen molar-refractivity contribution in [2.24, 2.45) is 5.92 Å². The van der Waals surface area contributed by atoms with E-state index in [1.165, 1.54) is 6.07 Å². The van der Waals surface area contributed by atoms with E-state index in [4.69, 9.17) is 5.11 Å². The van der Waals surface area contributed by atoms with Crippen molar-refractivity contribution >= 4 is 11.7 Å². The van der Waals surface area contributed by atoms with Gasteiger partial charge in [0.15, 0.2) is 0 Å². The lowest BCUT2D eigenvalue weighted by Gasteiger charge is -2.18. The van der Waals surface area contributed by atoms with Crippen molar-refractivity contribution in [1.29, 1.82) is 0 Å². The molecule has 0 saturated heterocycles. The fourth-order valence-corrected chi connectivity index (χ4v) is 2.67. The van der Waals surface area contributed by atoms with Crippen molar-refractivity contribution in [3.8, 4) is 5.69 Å². The molecule has 122 valence electrons. The number of aliphatic hydroxyl groups is 1. The molecule has 3 N–H and O–H groups in total. The number of carbonyl (C=O) groups excluding carboxylic acids is 1. The van der Waals surface area contributed by atoms with E-state index < -0.39 is 11.8 Å². The van der Waals surface area contributed by atoms with Gasteiger partial charge in [-0.25, -0.2) is 9.18 Å². The van der Waals surface area contributed by atoms with E-state index in [-0.39, 0.29) is 18.3 Å². The van der Waals surface area contributed by atoms with Gasteiger partial charge < -0.3 is 20.3 Å². The summed E-state index contributed by atoms with van der Waals surface area (Å²) >= 11 is 0. The van der Waals surface area contributed by atoms with E-state index in [9.17, 15) is 9.18 Å². The van der Waals surface area contributed by atoms with Gasteiger partial charge in [-0.05, 0) is 55.5 Å². The summed E-state index contributed by atoms with van der Waals surface area (Å²) in [7, 11) is 0. The van der Waals surface area contributed by atoms with Gasteiger partial charge in [0.1, 0.15) is 5.82 Å². The van der Waals surface area contributed by atoms with E-state index in [0.717, 1.165) is 18.5 Å². The van der Waals surface area contributed by atoms with Gasteiger partial charge in [-0.3, -0.25) is 0 Å². The Bertz CT molecular complexity index is 668. The number of carbonyl (C=O) groups is 1. The zero-order valence-corrected chi connectivity index (χ0v) is 12.7. The van der Waals surface area contributed by atoms with Crippen LogP contribution in [0.1, 0.15) is 19.3 Å². The second-order valence-corrected chi connectivity index (χ2v) is 5.81. The van der Waals surface area contributed by atoms with Crippen LogP contribution in [-0.4, -0.2) is 28.4 Å². The number of halogens is 1.